The Bertz CT molecular complexity index is 1060. The highest BCUT2D eigenvalue weighted by Crippen LogP contribution is 2.28. The largest absolute Gasteiger partial charge is 0.446 e. The molecule has 1 aromatic carbocycles. The third-order valence-electron chi connectivity index (χ3n) is 5.66. The number of benzene rings is 1. The Hall–Kier alpha value is -2.54. The van der Waals surface area contributed by atoms with Crippen LogP contribution in [0.2, 0.25) is 0 Å². The van der Waals surface area contributed by atoms with Crippen molar-refractivity contribution in [1.82, 2.24) is 14.2 Å². The van der Waals surface area contributed by atoms with Crippen molar-refractivity contribution in [1.29, 1.82) is 0 Å². The van der Waals surface area contributed by atoms with E-state index in [0.29, 0.717) is 25.9 Å². The maximum absolute atomic E-state index is 14.5. The number of hydrogen-bond acceptors (Lipinski definition) is 8. The molecule has 1 amide bonds. The van der Waals surface area contributed by atoms with Gasteiger partial charge in [-0.15, -0.1) is 0 Å². The molecule has 3 heterocycles. The van der Waals surface area contributed by atoms with Crippen LogP contribution in [0.25, 0.3) is 0 Å². The molecule has 31 heavy (non-hydrogen) atoms. The van der Waals surface area contributed by atoms with Crippen LogP contribution in [0, 0.1) is 5.82 Å². The number of primary amides is 1. The molecule has 4 rings (SSSR count). The quantitative estimate of drug-likeness (QED) is 0.545. The zero-order valence-electron chi connectivity index (χ0n) is 16.7. The van der Waals surface area contributed by atoms with Crippen molar-refractivity contribution in [2.45, 2.75) is 36.4 Å². The molecule has 10 nitrogen and oxygen atoms in total. The van der Waals surface area contributed by atoms with Crippen LogP contribution in [0.5, 0.6) is 0 Å². The summed E-state index contributed by atoms with van der Waals surface area (Å²) in [5.41, 5.74) is 5.14. The minimum Gasteiger partial charge on any atom is -0.446 e. The van der Waals surface area contributed by atoms with Gasteiger partial charge in [0.2, 0.25) is 15.9 Å². The summed E-state index contributed by atoms with van der Waals surface area (Å²) in [6, 6.07) is 3.78. The lowest BCUT2D eigenvalue weighted by Crippen LogP contribution is -2.62. The molecule has 4 N–H and O–H groups in total. The predicted molar refractivity (Wildman–Crippen MR) is 108 cm³/mol. The van der Waals surface area contributed by atoms with Gasteiger partial charge in [0.05, 0.1) is 23.2 Å². The van der Waals surface area contributed by atoms with Crippen LogP contribution in [0.4, 0.5) is 10.1 Å². The van der Waals surface area contributed by atoms with E-state index in [0.717, 1.165) is 25.4 Å². The number of likely N-dealkylation sites (tertiary alicyclic amines) is 1. The number of aromatic nitrogens is 1. The molecule has 2 aromatic rings. The van der Waals surface area contributed by atoms with Crippen LogP contribution in [0.3, 0.4) is 0 Å². The molecule has 2 aliphatic heterocycles. The predicted octanol–water partition coefficient (Wildman–Crippen LogP) is 0.354. The Balaban J connectivity index is 1.36. The van der Waals surface area contributed by atoms with Gasteiger partial charge >= 0.3 is 0 Å². The first-order chi connectivity index (χ1) is 14.7. The molecule has 2 saturated heterocycles. The topological polar surface area (TPSA) is 142 Å². The van der Waals surface area contributed by atoms with Crippen molar-refractivity contribution in [2.75, 3.05) is 31.5 Å². The SMILES string of the molecule is NC(=O)c1coc(CNc2ccc(S(=O)(=O)N3CC(N4CCC(O)CC4)C3)cc2F)n1. The third-order valence-corrected chi connectivity index (χ3v) is 7.48. The number of amides is 1. The first kappa shape index (κ1) is 21.7. The molecule has 0 radical (unpaired) electrons. The molecule has 1 aromatic heterocycles. The minimum atomic E-state index is -3.79. The zero-order valence-corrected chi connectivity index (χ0v) is 17.5. The number of aliphatic hydroxyl groups is 1. The Labute approximate surface area is 178 Å². The molecular formula is C19H24FN5O5S. The number of nitrogens with one attached hydrogen (secondary N) is 1. The van der Waals surface area contributed by atoms with Crippen LogP contribution < -0.4 is 11.1 Å². The van der Waals surface area contributed by atoms with Crippen LogP contribution in [0.15, 0.2) is 33.8 Å². The average molecular weight is 453 g/mol. The van der Waals surface area contributed by atoms with Crippen LogP contribution in [0.1, 0.15) is 29.2 Å². The lowest BCUT2D eigenvalue weighted by molar-refractivity contribution is 0.0239. The fourth-order valence-electron chi connectivity index (χ4n) is 3.72. The van der Waals surface area contributed by atoms with Crippen molar-refractivity contribution >= 4 is 21.6 Å². The van der Waals surface area contributed by atoms with Crippen molar-refractivity contribution in [2.24, 2.45) is 5.73 Å². The molecule has 2 aliphatic rings. The number of halogens is 1. The van der Waals surface area contributed by atoms with Gasteiger partial charge in [-0.05, 0) is 31.0 Å². The van der Waals surface area contributed by atoms with Gasteiger partial charge in [0.15, 0.2) is 5.69 Å². The Morgan fingerprint density at radius 3 is 2.65 bits per heavy atom. The number of hydrogen-bond donors (Lipinski definition) is 3. The summed E-state index contributed by atoms with van der Waals surface area (Å²) in [4.78, 5) is 17.0. The van der Waals surface area contributed by atoms with Crippen molar-refractivity contribution < 1.29 is 27.1 Å². The van der Waals surface area contributed by atoms with E-state index in [1.54, 1.807) is 0 Å². The van der Waals surface area contributed by atoms with Gasteiger partial charge in [-0.3, -0.25) is 9.69 Å². The van der Waals surface area contributed by atoms with E-state index in [2.05, 4.69) is 15.2 Å². The molecule has 0 bridgehead atoms. The van der Waals surface area contributed by atoms with Gasteiger partial charge in [-0.1, -0.05) is 0 Å². The maximum atomic E-state index is 14.5. The van der Waals surface area contributed by atoms with Crippen molar-refractivity contribution in [3.8, 4) is 0 Å². The van der Waals surface area contributed by atoms with E-state index >= 15 is 0 Å². The normalized spacial score (nSPS) is 19.3. The zero-order chi connectivity index (χ0) is 22.2. The number of nitrogens with zero attached hydrogens (tertiary/aromatic N) is 3. The third kappa shape index (κ3) is 4.56. The second-order valence-corrected chi connectivity index (χ2v) is 9.67. The number of anilines is 1. The number of aliphatic hydroxyl groups excluding tert-OH is 1. The van der Waals surface area contributed by atoms with Gasteiger partial charge < -0.3 is 20.6 Å². The summed E-state index contributed by atoms with van der Waals surface area (Å²) in [6.45, 7) is 2.20. The number of carbonyl (C=O) groups is 1. The molecule has 0 aliphatic carbocycles. The average Bonchev–Trinajstić information content (AvgIpc) is 3.16. The van der Waals surface area contributed by atoms with Gasteiger partial charge in [0, 0.05) is 32.2 Å². The number of nitrogens with two attached hydrogens (primary N) is 1. The van der Waals surface area contributed by atoms with Gasteiger partial charge in [-0.2, -0.15) is 4.31 Å². The fourth-order valence-corrected chi connectivity index (χ4v) is 5.25. The number of sulfonamides is 1. The molecule has 0 atom stereocenters. The van der Waals surface area contributed by atoms with Crippen LogP contribution in [-0.4, -0.2) is 71.9 Å². The van der Waals surface area contributed by atoms with Gasteiger partial charge in [0.25, 0.3) is 5.91 Å². The number of rotatable bonds is 7. The summed E-state index contributed by atoms with van der Waals surface area (Å²) < 4.78 is 46.5. The van der Waals surface area contributed by atoms with E-state index in [4.69, 9.17) is 10.2 Å². The highest BCUT2D eigenvalue weighted by molar-refractivity contribution is 7.89. The molecule has 168 valence electrons. The Morgan fingerprint density at radius 2 is 2.03 bits per heavy atom. The van der Waals surface area contributed by atoms with E-state index in [1.165, 1.54) is 16.4 Å². The first-order valence-corrected chi connectivity index (χ1v) is 11.4. The molecule has 0 saturated carbocycles. The number of piperidine rings is 1. The Morgan fingerprint density at radius 1 is 1.32 bits per heavy atom. The summed E-state index contributed by atoms with van der Waals surface area (Å²) >= 11 is 0. The molecule has 0 unspecified atom stereocenters. The lowest BCUT2D eigenvalue weighted by atomic mass is 10.0. The Kier molecular flexibility index (Phi) is 5.97. The van der Waals surface area contributed by atoms with Crippen LogP contribution >= 0.6 is 0 Å². The monoisotopic (exact) mass is 453 g/mol. The summed E-state index contributed by atoms with van der Waals surface area (Å²) in [5.74, 6) is -1.33. The summed E-state index contributed by atoms with van der Waals surface area (Å²) in [6.07, 6.45) is 2.22. The van der Waals surface area contributed by atoms with Crippen LogP contribution in [-0.2, 0) is 16.6 Å². The van der Waals surface area contributed by atoms with Gasteiger partial charge in [-0.25, -0.2) is 17.8 Å². The highest BCUT2D eigenvalue weighted by Gasteiger charge is 2.40. The van der Waals surface area contributed by atoms with E-state index in [1.807, 2.05) is 0 Å². The second kappa shape index (κ2) is 8.54. The second-order valence-electron chi connectivity index (χ2n) is 7.73. The smallest absolute Gasteiger partial charge is 0.270 e. The van der Waals surface area contributed by atoms with E-state index in [-0.39, 0.29) is 40.9 Å². The minimum absolute atomic E-state index is 0.00532. The number of oxazole rings is 1. The molecule has 12 heteroatoms. The summed E-state index contributed by atoms with van der Waals surface area (Å²) in [5, 5.41) is 12.4. The molecule has 0 spiro atoms. The summed E-state index contributed by atoms with van der Waals surface area (Å²) in [7, 11) is -3.79. The van der Waals surface area contributed by atoms with Crippen molar-refractivity contribution in [3.63, 3.8) is 0 Å². The number of carbonyl (C=O) groups excluding carboxylic acids is 1. The molecular weight excluding hydrogens is 429 g/mol. The lowest BCUT2D eigenvalue weighted by Gasteiger charge is -2.46. The fraction of sp³-hybridized carbons (Fsp3) is 0.474. The highest BCUT2D eigenvalue weighted by atomic mass is 32.2. The van der Waals surface area contributed by atoms with Crippen molar-refractivity contribution in [3.05, 3.63) is 41.9 Å². The van der Waals surface area contributed by atoms with Gasteiger partial charge in [0.1, 0.15) is 12.1 Å². The standard InChI is InChI=1S/C19H24FN5O5S/c20-15-7-14(1-2-16(15)22-8-18-23-17(11-30-18)19(21)27)31(28,29)25-9-12(10-25)24-5-3-13(26)4-6-24/h1-2,7,11-13,22,26H,3-6,8-10H2,(H2,21,27). The molecule has 2 fully saturated rings. The first-order valence-electron chi connectivity index (χ1n) is 9.94. The maximum Gasteiger partial charge on any atom is 0.270 e. The van der Waals surface area contributed by atoms with E-state index < -0.39 is 21.7 Å². The van der Waals surface area contributed by atoms with E-state index in [9.17, 15) is 22.7 Å².